The van der Waals surface area contributed by atoms with E-state index in [0.717, 1.165) is 75.8 Å². The first kappa shape index (κ1) is 26.2. The summed E-state index contributed by atoms with van der Waals surface area (Å²) in [6.45, 7) is 3.97. The van der Waals surface area contributed by atoms with Gasteiger partial charge in [-0.05, 0) is 62.8 Å². The Morgan fingerprint density at radius 1 is 1.00 bits per heavy atom. The Balaban J connectivity index is 1.32. The third kappa shape index (κ3) is 5.13. The van der Waals surface area contributed by atoms with Crippen molar-refractivity contribution in [2.24, 2.45) is 7.05 Å². The largest absolute Gasteiger partial charge is 0.490 e. The zero-order chi connectivity index (χ0) is 28.3. The van der Waals surface area contributed by atoms with Crippen molar-refractivity contribution in [2.75, 3.05) is 13.3 Å². The predicted octanol–water partition coefficient (Wildman–Crippen LogP) is 6.50. The van der Waals surface area contributed by atoms with E-state index in [9.17, 15) is 9.67 Å². The highest BCUT2D eigenvalue weighted by Gasteiger charge is 2.34. The monoisotopic (exact) mass is 566 g/mol. The van der Waals surface area contributed by atoms with E-state index in [1.807, 2.05) is 71.5 Å². The zero-order valence-corrected chi connectivity index (χ0v) is 24.6. The Bertz CT molecular complexity index is 1790. The highest BCUT2D eigenvalue weighted by molar-refractivity contribution is 7.70. The number of ether oxygens (including phenoxy) is 1. The van der Waals surface area contributed by atoms with Crippen LogP contribution >= 0.6 is 7.14 Å². The quantitative estimate of drug-likeness (QED) is 0.206. The zero-order valence-electron chi connectivity index (χ0n) is 23.7. The average Bonchev–Trinajstić information content (AvgIpc) is 3.89. The molecule has 5 aromatic rings. The maximum absolute atomic E-state index is 12.9. The molecule has 0 radical (unpaired) electrons. The molecule has 2 aliphatic rings. The molecule has 7 rings (SSSR count). The summed E-state index contributed by atoms with van der Waals surface area (Å²) in [5, 5.41) is 17.5. The molecule has 2 aliphatic carbocycles. The summed E-state index contributed by atoms with van der Waals surface area (Å²) in [5.74, 6) is 2.08. The van der Waals surface area contributed by atoms with E-state index in [0.29, 0.717) is 12.5 Å². The summed E-state index contributed by atoms with van der Waals surface area (Å²) >= 11 is 0. The van der Waals surface area contributed by atoms with Gasteiger partial charge in [0.25, 0.3) is 0 Å². The number of hydrogen-bond donors (Lipinski definition) is 1. The smallest absolute Gasteiger partial charge is 0.144 e. The van der Waals surface area contributed by atoms with E-state index in [-0.39, 0.29) is 6.10 Å². The molecule has 0 saturated heterocycles. The summed E-state index contributed by atoms with van der Waals surface area (Å²) in [7, 11) is -0.343. The Labute approximate surface area is 240 Å². The van der Waals surface area contributed by atoms with Crippen LogP contribution in [0.25, 0.3) is 33.5 Å². The van der Waals surface area contributed by atoms with E-state index in [4.69, 9.17) is 14.8 Å². The van der Waals surface area contributed by atoms with Crippen molar-refractivity contribution in [1.82, 2.24) is 19.3 Å². The molecule has 0 aliphatic heterocycles. The van der Waals surface area contributed by atoms with Crippen LogP contribution in [0.3, 0.4) is 0 Å². The lowest BCUT2D eigenvalue weighted by Crippen LogP contribution is -2.08. The Hall–Kier alpha value is -3.67. The molecule has 0 bridgehead atoms. The third-order valence-electron chi connectivity index (χ3n) is 8.15. The number of hydrogen-bond acceptors (Lipinski definition) is 5. The lowest BCUT2D eigenvalue weighted by atomic mass is 10.0. The van der Waals surface area contributed by atoms with Gasteiger partial charge in [0, 0.05) is 41.1 Å². The van der Waals surface area contributed by atoms with Gasteiger partial charge in [0.2, 0.25) is 0 Å². The van der Waals surface area contributed by atoms with Gasteiger partial charge in [-0.2, -0.15) is 5.10 Å². The van der Waals surface area contributed by atoms with E-state index < -0.39 is 13.2 Å². The first-order valence-electron chi connectivity index (χ1n) is 14.4. The van der Waals surface area contributed by atoms with Crippen LogP contribution in [0.15, 0.2) is 72.9 Å². The minimum atomic E-state index is -2.44. The summed E-state index contributed by atoms with van der Waals surface area (Å²) < 4.78 is 23.3. The van der Waals surface area contributed by atoms with Crippen molar-refractivity contribution >= 4 is 23.3 Å². The van der Waals surface area contributed by atoms with Crippen LogP contribution in [0.4, 0.5) is 0 Å². The third-order valence-corrected chi connectivity index (χ3v) is 9.67. The Morgan fingerprint density at radius 2 is 1.78 bits per heavy atom. The van der Waals surface area contributed by atoms with Gasteiger partial charge in [0.15, 0.2) is 0 Å². The van der Waals surface area contributed by atoms with Gasteiger partial charge >= 0.3 is 0 Å². The fourth-order valence-corrected chi connectivity index (χ4v) is 6.48. The molecule has 3 aromatic carbocycles. The summed E-state index contributed by atoms with van der Waals surface area (Å²) in [6, 6.07) is 21.8. The molecule has 1 unspecified atom stereocenters. The molecule has 8 heteroatoms. The van der Waals surface area contributed by atoms with Crippen molar-refractivity contribution in [2.45, 2.75) is 50.4 Å². The molecule has 2 saturated carbocycles. The lowest BCUT2D eigenvalue weighted by Gasteiger charge is -2.15. The molecular formula is C33H35N4O3P. The van der Waals surface area contributed by atoms with Crippen molar-refractivity contribution < 1.29 is 14.4 Å². The fraction of sp³-hybridized carbons (Fsp3) is 0.333. The standard InChI is InChI=1S/C33H35N4O3P/c1-36-32(22-12-13-22)31(34-33(36)26-17-16-24(41(2,3)39)18-30(26)40-23-14-15-23)25-10-7-11-28-27(25)19-37(35-28)20-29(38)21-8-5-4-6-9-21/h4-11,16-19,22-23,29,38H,12-15,20H2,1-3H3. The number of benzene rings is 3. The summed E-state index contributed by atoms with van der Waals surface area (Å²) in [6.07, 6.45) is 5.97. The van der Waals surface area contributed by atoms with Crippen molar-refractivity contribution in [1.29, 1.82) is 0 Å². The molecule has 1 N–H and O–H groups in total. The van der Waals surface area contributed by atoms with Crippen LogP contribution in [0, 0.1) is 0 Å². The first-order chi connectivity index (χ1) is 19.8. The molecular weight excluding hydrogens is 531 g/mol. The molecule has 1 atom stereocenters. The Kier molecular flexibility index (Phi) is 6.40. The topological polar surface area (TPSA) is 82.2 Å². The maximum atomic E-state index is 12.9. The van der Waals surface area contributed by atoms with Gasteiger partial charge in [0.05, 0.1) is 35.5 Å². The van der Waals surface area contributed by atoms with Crippen molar-refractivity contribution in [3.05, 3.63) is 84.2 Å². The number of nitrogens with zero attached hydrogens (tertiary/aromatic N) is 4. The number of imidazole rings is 1. The van der Waals surface area contributed by atoms with E-state index in [1.165, 1.54) is 5.69 Å². The average molecular weight is 567 g/mol. The Morgan fingerprint density at radius 3 is 2.49 bits per heavy atom. The van der Waals surface area contributed by atoms with Crippen LogP contribution < -0.4 is 10.0 Å². The SMILES string of the molecule is Cn1c(-c2ccc(P(C)(C)=O)cc2OC2CC2)nc(-c2cccc3nn(CC(O)c4ccccc4)cc23)c1C1CC1. The molecule has 2 fully saturated rings. The van der Waals surface area contributed by atoms with Crippen LogP contribution in [-0.4, -0.2) is 43.9 Å². The molecule has 7 nitrogen and oxygen atoms in total. The number of aliphatic hydroxyl groups excluding tert-OH is 1. The van der Waals surface area contributed by atoms with Gasteiger partial charge in [-0.25, -0.2) is 4.98 Å². The number of rotatable bonds is 9. The van der Waals surface area contributed by atoms with Gasteiger partial charge in [0.1, 0.15) is 18.7 Å². The summed E-state index contributed by atoms with van der Waals surface area (Å²) in [4.78, 5) is 5.29. The molecule has 41 heavy (non-hydrogen) atoms. The fourth-order valence-electron chi connectivity index (χ4n) is 5.62. The van der Waals surface area contributed by atoms with Crippen LogP contribution in [0.5, 0.6) is 5.75 Å². The van der Waals surface area contributed by atoms with Crippen molar-refractivity contribution in [3.8, 4) is 28.4 Å². The van der Waals surface area contributed by atoms with Crippen LogP contribution in [0.2, 0.25) is 0 Å². The minimum absolute atomic E-state index is 0.213. The number of aromatic nitrogens is 4. The second-order valence-corrected chi connectivity index (χ2v) is 15.1. The molecule has 2 aromatic heterocycles. The highest BCUT2D eigenvalue weighted by atomic mass is 31.2. The summed E-state index contributed by atoms with van der Waals surface area (Å²) in [5.41, 5.74) is 5.91. The normalized spacial score (nSPS) is 16.3. The van der Waals surface area contributed by atoms with Gasteiger partial charge in [-0.15, -0.1) is 0 Å². The van der Waals surface area contributed by atoms with Gasteiger partial charge in [-0.3, -0.25) is 4.68 Å². The predicted molar refractivity (Wildman–Crippen MR) is 163 cm³/mol. The second kappa shape index (κ2) is 10.0. The molecule has 0 spiro atoms. The van der Waals surface area contributed by atoms with Gasteiger partial charge in [-0.1, -0.05) is 48.5 Å². The minimum Gasteiger partial charge on any atom is -0.490 e. The van der Waals surface area contributed by atoms with Crippen LogP contribution in [-0.2, 0) is 18.2 Å². The van der Waals surface area contributed by atoms with Crippen LogP contribution in [0.1, 0.15) is 49.0 Å². The van der Waals surface area contributed by atoms with E-state index in [1.54, 1.807) is 13.3 Å². The highest BCUT2D eigenvalue weighted by Crippen LogP contribution is 2.48. The second-order valence-electron chi connectivity index (χ2n) is 11.9. The molecule has 2 heterocycles. The van der Waals surface area contributed by atoms with Gasteiger partial charge < -0.3 is 19.0 Å². The first-order valence-corrected chi connectivity index (χ1v) is 17.0. The van der Waals surface area contributed by atoms with E-state index in [2.05, 4.69) is 17.7 Å². The molecule has 0 amide bonds. The molecule has 210 valence electrons. The number of aliphatic hydroxyl groups is 1. The number of fused-ring (bicyclic) bond motifs is 1. The lowest BCUT2D eigenvalue weighted by molar-refractivity contribution is 0.152. The maximum Gasteiger partial charge on any atom is 0.144 e. The van der Waals surface area contributed by atoms with Crippen molar-refractivity contribution in [3.63, 3.8) is 0 Å². The van der Waals surface area contributed by atoms with E-state index >= 15 is 0 Å².